The summed E-state index contributed by atoms with van der Waals surface area (Å²) in [7, 11) is 0. The van der Waals surface area contributed by atoms with Gasteiger partial charge < -0.3 is 10.1 Å². The van der Waals surface area contributed by atoms with Gasteiger partial charge in [-0.2, -0.15) is 0 Å². The maximum absolute atomic E-state index is 11.7. The fourth-order valence-electron chi connectivity index (χ4n) is 1.88. The number of amides is 1. The number of para-hydroxylation sites is 1. The lowest BCUT2D eigenvalue weighted by molar-refractivity contribution is 0.194. The highest BCUT2D eigenvalue weighted by molar-refractivity contribution is 5.70. The molecule has 0 radical (unpaired) electrons. The lowest BCUT2D eigenvalue weighted by atomic mass is 10.1. The number of hydrogen-bond acceptors (Lipinski definition) is 2. The zero-order valence-corrected chi connectivity index (χ0v) is 10.2. The highest BCUT2D eigenvalue weighted by Crippen LogP contribution is 2.34. The molecule has 3 heteroatoms. The molecular weight excluding hydrogens is 214 g/mol. The van der Waals surface area contributed by atoms with E-state index in [0.717, 1.165) is 18.8 Å². The molecule has 1 atom stereocenters. The molecule has 0 aliphatic heterocycles. The average Bonchev–Trinajstić information content (AvgIpc) is 3.13. The Kier molecular flexibility index (Phi) is 4.02. The van der Waals surface area contributed by atoms with E-state index in [1.165, 1.54) is 12.8 Å². The van der Waals surface area contributed by atoms with Crippen molar-refractivity contribution >= 4 is 6.09 Å². The minimum absolute atomic E-state index is 0.249. The normalized spacial score (nSPS) is 16.3. The molecule has 1 unspecified atom stereocenters. The van der Waals surface area contributed by atoms with Crippen LogP contribution in [0.4, 0.5) is 4.79 Å². The minimum atomic E-state index is -0.344. The van der Waals surface area contributed by atoms with E-state index in [-0.39, 0.29) is 12.1 Å². The van der Waals surface area contributed by atoms with E-state index in [9.17, 15) is 4.79 Å². The average molecular weight is 233 g/mol. The summed E-state index contributed by atoms with van der Waals surface area (Å²) in [4.78, 5) is 11.7. The Bertz CT molecular complexity index is 360. The smallest absolute Gasteiger partial charge is 0.410 e. The zero-order chi connectivity index (χ0) is 12.1. The Morgan fingerprint density at radius 1 is 1.41 bits per heavy atom. The Hall–Kier alpha value is -1.51. The molecule has 92 valence electrons. The summed E-state index contributed by atoms with van der Waals surface area (Å²) in [6, 6.07) is 9.41. The standard InChI is InChI=1S/C14H19NO2/c1-2-12(10-11-8-9-11)15-14(16)17-13-6-4-3-5-7-13/h3-7,11-12H,2,8-10H2,1H3,(H,15,16). The fraction of sp³-hybridized carbons (Fsp3) is 0.500. The van der Waals surface area contributed by atoms with Crippen LogP contribution in [0.25, 0.3) is 0 Å². The summed E-state index contributed by atoms with van der Waals surface area (Å²) in [5.74, 6) is 1.41. The molecule has 0 saturated heterocycles. The van der Waals surface area contributed by atoms with Gasteiger partial charge in [-0.3, -0.25) is 0 Å². The fourth-order valence-corrected chi connectivity index (χ4v) is 1.88. The molecular formula is C14H19NO2. The molecule has 1 aromatic rings. The van der Waals surface area contributed by atoms with E-state index in [1.807, 2.05) is 18.2 Å². The van der Waals surface area contributed by atoms with Gasteiger partial charge in [0.25, 0.3) is 0 Å². The van der Waals surface area contributed by atoms with Gasteiger partial charge in [0.05, 0.1) is 0 Å². The van der Waals surface area contributed by atoms with E-state index in [2.05, 4.69) is 12.2 Å². The van der Waals surface area contributed by atoms with Crippen LogP contribution in [0.2, 0.25) is 0 Å². The Morgan fingerprint density at radius 2 is 2.12 bits per heavy atom. The van der Waals surface area contributed by atoms with Gasteiger partial charge in [-0.25, -0.2) is 4.79 Å². The summed E-state index contributed by atoms with van der Waals surface area (Å²) in [5.41, 5.74) is 0. The minimum Gasteiger partial charge on any atom is -0.410 e. The van der Waals surface area contributed by atoms with Crippen LogP contribution < -0.4 is 10.1 Å². The van der Waals surface area contributed by atoms with E-state index in [4.69, 9.17) is 4.74 Å². The molecule has 1 N–H and O–H groups in total. The van der Waals surface area contributed by atoms with Crippen LogP contribution in [0.5, 0.6) is 5.75 Å². The van der Waals surface area contributed by atoms with Gasteiger partial charge in [0.15, 0.2) is 0 Å². The van der Waals surface area contributed by atoms with Gasteiger partial charge in [-0.1, -0.05) is 38.0 Å². The number of nitrogens with one attached hydrogen (secondary N) is 1. The van der Waals surface area contributed by atoms with Crippen LogP contribution in [-0.2, 0) is 0 Å². The van der Waals surface area contributed by atoms with Crippen molar-refractivity contribution in [2.75, 3.05) is 0 Å². The lowest BCUT2D eigenvalue weighted by Crippen LogP contribution is -2.36. The quantitative estimate of drug-likeness (QED) is 0.847. The van der Waals surface area contributed by atoms with E-state index < -0.39 is 0 Å². The third-order valence-electron chi connectivity index (χ3n) is 3.08. The predicted molar refractivity (Wildman–Crippen MR) is 67.0 cm³/mol. The maximum atomic E-state index is 11.7. The SMILES string of the molecule is CCC(CC1CC1)NC(=O)Oc1ccccc1. The zero-order valence-electron chi connectivity index (χ0n) is 10.2. The molecule has 2 rings (SSSR count). The molecule has 0 bridgehead atoms. The van der Waals surface area contributed by atoms with Crippen molar-refractivity contribution in [1.82, 2.24) is 5.32 Å². The first-order valence-electron chi connectivity index (χ1n) is 6.31. The highest BCUT2D eigenvalue weighted by atomic mass is 16.6. The van der Waals surface area contributed by atoms with Gasteiger partial charge in [0.1, 0.15) is 5.75 Å². The summed E-state index contributed by atoms with van der Waals surface area (Å²) >= 11 is 0. The first-order valence-corrected chi connectivity index (χ1v) is 6.31. The molecule has 1 amide bonds. The number of hydrogen-bond donors (Lipinski definition) is 1. The Balaban J connectivity index is 1.79. The number of carbonyl (C=O) groups excluding carboxylic acids is 1. The lowest BCUT2D eigenvalue weighted by Gasteiger charge is -2.16. The van der Waals surface area contributed by atoms with E-state index in [0.29, 0.717) is 5.75 Å². The third-order valence-corrected chi connectivity index (χ3v) is 3.08. The van der Waals surface area contributed by atoms with Crippen molar-refractivity contribution in [2.24, 2.45) is 5.92 Å². The van der Waals surface area contributed by atoms with Gasteiger partial charge in [-0.05, 0) is 30.9 Å². The van der Waals surface area contributed by atoms with Crippen molar-refractivity contribution in [2.45, 2.75) is 38.6 Å². The monoisotopic (exact) mass is 233 g/mol. The van der Waals surface area contributed by atoms with Crippen molar-refractivity contribution < 1.29 is 9.53 Å². The molecule has 3 nitrogen and oxygen atoms in total. The first-order chi connectivity index (χ1) is 8.28. The molecule has 1 aromatic carbocycles. The van der Waals surface area contributed by atoms with Crippen LogP contribution in [-0.4, -0.2) is 12.1 Å². The molecule has 0 heterocycles. The largest absolute Gasteiger partial charge is 0.412 e. The van der Waals surface area contributed by atoms with Gasteiger partial charge in [0.2, 0.25) is 0 Å². The third kappa shape index (κ3) is 4.10. The second-order valence-electron chi connectivity index (χ2n) is 4.63. The molecule has 1 aliphatic rings. The Morgan fingerprint density at radius 3 is 2.71 bits per heavy atom. The van der Waals surface area contributed by atoms with Crippen LogP contribution in [0.15, 0.2) is 30.3 Å². The second-order valence-corrected chi connectivity index (χ2v) is 4.63. The summed E-state index contributed by atoms with van der Waals surface area (Å²) < 4.78 is 5.20. The molecule has 1 aliphatic carbocycles. The highest BCUT2D eigenvalue weighted by Gasteiger charge is 2.25. The molecule has 0 spiro atoms. The maximum Gasteiger partial charge on any atom is 0.412 e. The van der Waals surface area contributed by atoms with Crippen molar-refractivity contribution in [3.05, 3.63) is 30.3 Å². The van der Waals surface area contributed by atoms with Gasteiger partial charge in [0, 0.05) is 6.04 Å². The van der Waals surface area contributed by atoms with Crippen molar-refractivity contribution in [1.29, 1.82) is 0 Å². The number of carbonyl (C=O) groups is 1. The van der Waals surface area contributed by atoms with Crippen molar-refractivity contribution in [3.8, 4) is 5.75 Å². The first kappa shape index (κ1) is 12.0. The number of ether oxygens (including phenoxy) is 1. The van der Waals surface area contributed by atoms with Gasteiger partial charge >= 0.3 is 6.09 Å². The van der Waals surface area contributed by atoms with E-state index >= 15 is 0 Å². The van der Waals surface area contributed by atoms with Crippen molar-refractivity contribution in [3.63, 3.8) is 0 Å². The van der Waals surface area contributed by atoms with Gasteiger partial charge in [-0.15, -0.1) is 0 Å². The number of benzene rings is 1. The molecule has 0 aromatic heterocycles. The molecule has 1 fully saturated rings. The second kappa shape index (κ2) is 5.71. The predicted octanol–water partition coefficient (Wildman–Crippen LogP) is 3.35. The van der Waals surface area contributed by atoms with Crippen LogP contribution in [0.3, 0.4) is 0 Å². The van der Waals surface area contributed by atoms with Crippen LogP contribution >= 0.6 is 0 Å². The molecule has 17 heavy (non-hydrogen) atoms. The Labute approximate surface area is 102 Å². The molecule has 1 saturated carbocycles. The topological polar surface area (TPSA) is 38.3 Å². The van der Waals surface area contributed by atoms with Crippen LogP contribution in [0.1, 0.15) is 32.6 Å². The van der Waals surface area contributed by atoms with E-state index in [1.54, 1.807) is 12.1 Å². The summed E-state index contributed by atoms with van der Waals surface area (Å²) in [6.45, 7) is 2.09. The number of rotatable bonds is 5. The van der Waals surface area contributed by atoms with Crippen LogP contribution in [0, 0.1) is 5.92 Å². The summed E-state index contributed by atoms with van der Waals surface area (Å²) in [5, 5.41) is 2.93. The summed E-state index contributed by atoms with van der Waals surface area (Å²) in [6.07, 6.45) is 4.32.